The van der Waals surface area contributed by atoms with Crippen LogP contribution in [0.3, 0.4) is 0 Å². The zero-order valence-corrected chi connectivity index (χ0v) is 12.6. The van der Waals surface area contributed by atoms with Gasteiger partial charge in [-0.3, -0.25) is 4.79 Å². The first-order chi connectivity index (χ1) is 10.7. The fourth-order valence-electron chi connectivity index (χ4n) is 1.96. The van der Waals surface area contributed by atoms with Crippen LogP contribution in [0.5, 0.6) is 5.75 Å². The Balaban J connectivity index is 2.59. The Morgan fingerprint density at radius 1 is 1.13 bits per heavy atom. The number of halogens is 3. The molecule has 0 N–H and O–H groups in total. The van der Waals surface area contributed by atoms with Crippen molar-refractivity contribution in [1.82, 2.24) is 0 Å². The molecule has 0 aromatic heterocycles. The number of fused-ring (bicyclic) bond motifs is 1. The van der Waals surface area contributed by atoms with Crippen LogP contribution < -0.4 is 4.18 Å². The summed E-state index contributed by atoms with van der Waals surface area (Å²) in [5.74, 6) is -1.30. The number of esters is 1. The highest BCUT2D eigenvalue weighted by Gasteiger charge is 2.48. The van der Waals surface area contributed by atoms with Crippen molar-refractivity contribution in [3.63, 3.8) is 0 Å². The molecule has 0 aliphatic heterocycles. The lowest BCUT2D eigenvalue weighted by molar-refractivity contribution is -0.139. The average molecular weight is 348 g/mol. The number of rotatable bonds is 4. The number of alkyl halides is 3. The molecule has 0 spiro atoms. The molecule has 5 nitrogen and oxygen atoms in total. The van der Waals surface area contributed by atoms with E-state index in [1.54, 1.807) is 24.3 Å². The first-order valence-corrected chi connectivity index (χ1v) is 7.65. The van der Waals surface area contributed by atoms with Gasteiger partial charge in [0, 0.05) is 5.56 Å². The molecule has 0 heterocycles. The lowest BCUT2D eigenvalue weighted by Gasteiger charge is -2.14. The number of ether oxygens (including phenoxy) is 1. The number of carbonyl (C=O) groups excluding carboxylic acids is 1. The summed E-state index contributed by atoms with van der Waals surface area (Å²) in [6.45, 7) is 0. The third-order valence-corrected chi connectivity index (χ3v) is 4.00. The van der Waals surface area contributed by atoms with Crippen molar-refractivity contribution in [2.75, 3.05) is 7.11 Å². The molecule has 0 bridgehead atoms. The summed E-state index contributed by atoms with van der Waals surface area (Å²) in [5.41, 5.74) is -5.57. The van der Waals surface area contributed by atoms with Crippen molar-refractivity contribution in [3.05, 3.63) is 42.0 Å². The van der Waals surface area contributed by atoms with Crippen LogP contribution >= 0.6 is 0 Å². The molecular formula is C14H11F3O5S. The lowest BCUT2D eigenvalue weighted by atomic mass is 10.0. The van der Waals surface area contributed by atoms with Gasteiger partial charge < -0.3 is 8.92 Å². The van der Waals surface area contributed by atoms with Crippen LogP contribution in [-0.4, -0.2) is 27.0 Å². The highest BCUT2D eigenvalue weighted by atomic mass is 32.2. The fraction of sp³-hybridized carbons (Fsp3) is 0.214. The van der Waals surface area contributed by atoms with Crippen molar-refractivity contribution in [3.8, 4) is 5.75 Å². The van der Waals surface area contributed by atoms with Gasteiger partial charge in [-0.15, -0.1) is 0 Å². The molecule has 0 fully saturated rings. The van der Waals surface area contributed by atoms with Crippen molar-refractivity contribution >= 4 is 26.9 Å². The van der Waals surface area contributed by atoms with Gasteiger partial charge in [0.05, 0.1) is 13.5 Å². The van der Waals surface area contributed by atoms with Crippen LogP contribution in [0, 0.1) is 0 Å². The summed E-state index contributed by atoms with van der Waals surface area (Å²) < 4.78 is 68.5. The summed E-state index contributed by atoms with van der Waals surface area (Å²) in [6.07, 6.45) is -0.430. The van der Waals surface area contributed by atoms with E-state index in [0.29, 0.717) is 10.8 Å². The molecule has 0 unspecified atom stereocenters. The van der Waals surface area contributed by atoms with Crippen molar-refractivity contribution in [1.29, 1.82) is 0 Å². The predicted molar refractivity (Wildman–Crippen MR) is 75.3 cm³/mol. The second-order valence-electron chi connectivity index (χ2n) is 4.50. The smallest absolute Gasteiger partial charge is 0.469 e. The molecule has 2 aromatic carbocycles. The van der Waals surface area contributed by atoms with Gasteiger partial charge in [-0.05, 0) is 16.8 Å². The molecule has 0 saturated carbocycles. The van der Waals surface area contributed by atoms with Gasteiger partial charge in [0.2, 0.25) is 0 Å². The summed E-state index contributed by atoms with van der Waals surface area (Å²) in [4.78, 5) is 11.5. The van der Waals surface area contributed by atoms with Crippen LogP contribution in [-0.2, 0) is 26.1 Å². The molecule has 0 atom stereocenters. The molecule has 2 rings (SSSR count). The van der Waals surface area contributed by atoms with Gasteiger partial charge in [0.25, 0.3) is 0 Å². The van der Waals surface area contributed by atoms with Gasteiger partial charge in [0.1, 0.15) is 5.75 Å². The summed E-state index contributed by atoms with van der Waals surface area (Å²) in [5, 5.41) is 1.01. The van der Waals surface area contributed by atoms with Crippen LogP contribution in [0.2, 0.25) is 0 Å². The Morgan fingerprint density at radius 3 is 2.39 bits per heavy atom. The Hall–Kier alpha value is -2.29. The van der Waals surface area contributed by atoms with Gasteiger partial charge in [-0.2, -0.15) is 21.6 Å². The summed E-state index contributed by atoms with van der Waals surface area (Å²) in [6, 6.07) is 8.97. The number of methoxy groups -OCH3 is 1. The quantitative estimate of drug-likeness (QED) is 0.483. The highest BCUT2D eigenvalue weighted by Crippen LogP contribution is 2.33. The molecule has 23 heavy (non-hydrogen) atoms. The molecular weight excluding hydrogens is 337 g/mol. The van der Waals surface area contributed by atoms with E-state index in [2.05, 4.69) is 8.92 Å². The van der Waals surface area contributed by atoms with E-state index >= 15 is 0 Å². The molecule has 0 aliphatic rings. The number of benzene rings is 2. The number of hydrogen-bond acceptors (Lipinski definition) is 5. The number of hydrogen-bond donors (Lipinski definition) is 0. The van der Waals surface area contributed by atoms with Gasteiger partial charge in [-0.25, -0.2) is 0 Å². The molecule has 9 heteroatoms. The highest BCUT2D eigenvalue weighted by molar-refractivity contribution is 7.88. The van der Waals surface area contributed by atoms with E-state index in [1.807, 2.05) is 0 Å². The van der Waals surface area contributed by atoms with Crippen molar-refractivity contribution in [2.24, 2.45) is 0 Å². The SMILES string of the molecule is COC(=O)Cc1c(OS(=O)(=O)C(F)(F)F)ccc2ccccc12. The molecule has 0 amide bonds. The first-order valence-electron chi connectivity index (χ1n) is 6.24. The second-order valence-corrected chi connectivity index (χ2v) is 6.04. The van der Waals surface area contributed by atoms with E-state index in [-0.39, 0.29) is 5.56 Å². The minimum absolute atomic E-state index is 0.00257. The monoisotopic (exact) mass is 348 g/mol. The third kappa shape index (κ3) is 3.55. The summed E-state index contributed by atoms with van der Waals surface area (Å²) >= 11 is 0. The van der Waals surface area contributed by atoms with Gasteiger partial charge in [-0.1, -0.05) is 30.3 Å². The standard InChI is InChI=1S/C14H11F3O5S/c1-21-13(18)8-11-10-5-3-2-4-9(10)6-7-12(11)22-23(19,20)14(15,16)17/h2-7H,8H2,1H3. The topological polar surface area (TPSA) is 69.7 Å². The maximum atomic E-state index is 12.5. The van der Waals surface area contributed by atoms with Crippen molar-refractivity contribution in [2.45, 2.75) is 11.9 Å². The maximum Gasteiger partial charge on any atom is 0.534 e. The second kappa shape index (κ2) is 6.07. The average Bonchev–Trinajstić information content (AvgIpc) is 2.48. The van der Waals surface area contributed by atoms with Gasteiger partial charge in [0.15, 0.2) is 0 Å². The Bertz CT molecular complexity index is 843. The molecule has 2 aromatic rings. The lowest BCUT2D eigenvalue weighted by Crippen LogP contribution is -2.28. The minimum atomic E-state index is -5.84. The molecule has 0 aliphatic carbocycles. The van der Waals surface area contributed by atoms with E-state index in [4.69, 9.17) is 0 Å². The van der Waals surface area contributed by atoms with Crippen LogP contribution in [0.25, 0.3) is 10.8 Å². The zero-order chi connectivity index (χ0) is 17.3. The first kappa shape index (κ1) is 17.1. The molecule has 0 saturated heterocycles. The van der Waals surface area contributed by atoms with Crippen LogP contribution in [0.4, 0.5) is 13.2 Å². The van der Waals surface area contributed by atoms with E-state index in [9.17, 15) is 26.4 Å². The summed E-state index contributed by atoms with van der Waals surface area (Å²) in [7, 11) is -4.73. The largest absolute Gasteiger partial charge is 0.534 e. The predicted octanol–water partition coefficient (Wildman–Crippen LogP) is 2.78. The normalized spacial score (nSPS) is 12.2. The number of carbonyl (C=O) groups is 1. The molecule has 124 valence electrons. The third-order valence-electron chi connectivity index (χ3n) is 3.03. The van der Waals surface area contributed by atoms with E-state index < -0.39 is 33.8 Å². The van der Waals surface area contributed by atoms with E-state index in [0.717, 1.165) is 13.2 Å². The Morgan fingerprint density at radius 2 is 1.78 bits per heavy atom. The Kier molecular flexibility index (Phi) is 4.51. The fourth-order valence-corrected chi connectivity index (χ4v) is 2.45. The molecule has 0 radical (unpaired) electrons. The van der Waals surface area contributed by atoms with E-state index in [1.165, 1.54) is 6.07 Å². The minimum Gasteiger partial charge on any atom is -0.469 e. The maximum absolute atomic E-state index is 12.5. The zero-order valence-electron chi connectivity index (χ0n) is 11.8. The van der Waals surface area contributed by atoms with Crippen LogP contribution in [0.15, 0.2) is 36.4 Å². The van der Waals surface area contributed by atoms with Crippen LogP contribution in [0.1, 0.15) is 5.56 Å². The van der Waals surface area contributed by atoms with Crippen molar-refractivity contribution < 1.29 is 35.3 Å². The van der Waals surface area contributed by atoms with Gasteiger partial charge >= 0.3 is 21.6 Å². The Labute approximate surface area is 129 Å².